The van der Waals surface area contributed by atoms with Crippen molar-refractivity contribution in [1.29, 1.82) is 0 Å². The summed E-state index contributed by atoms with van der Waals surface area (Å²) in [5.41, 5.74) is 7.36. The molecule has 0 fully saturated rings. The van der Waals surface area contributed by atoms with Gasteiger partial charge in [0.2, 0.25) is 0 Å². The number of H-pyrrole nitrogens is 1. The van der Waals surface area contributed by atoms with Crippen molar-refractivity contribution in [3.63, 3.8) is 0 Å². The van der Waals surface area contributed by atoms with Gasteiger partial charge in [-0.2, -0.15) is 5.10 Å². The molecule has 0 spiro atoms. The average molecular weight is 227 g/mol. The van der Waals surface area contributed by atoms with Crippen molar-refractivity contribution in [2.45, 2.75) is 6.54 Å². The molecule has 4 nitrogen and oxygen atoms in total. The van der Waals surface area contributed by atoms with Gasteiger partial charge in [-0.1, -0.05) is 0 Å². The molecule has 0 amide bonds. The van der Waals surface area contributed by atoms with Gasteiger partial charge in [-0.15, -0.1) is 0 Å². The van der Waals surface area contributed by atoms with E-state index in [1.54, 1.807) is 6.20 Å². The maximum atomic E-state index is 5.55. The minimum Gasteiger partial charge on any atom is -0.326 e. The Hall–Kier alpha value is -0.940. The number of pyridine rings is 1. The molecule has 0 bridgehead atoms. The van der Waals surface area contributed by atoms with E-state index in [0.29, 0.717) is 6.54 Å². The normalized spacial score (nSPS) is 10.8. The van der Waals surface area contributed by atoms with Crippen molar-refractivity contribution in [2.24, 2.45) is 5.73 Å². The first-order valence-corrected chi connectivity index (χ1v) is 4.29. The summed E-state index contributed by atoms with van der Waals surface area (Å²) in [7, 11) is 0. The maximum absolute atomic E-state index is 5.55. The third kappa shape index (κ3) is 1.11. The van der Waals surface area contributed by atoms with Crippen LogP contribution in [0, 0.1) is 0 Å². The van der Waals surface area contributed by atoms with E-state index < -0.39 is 0 Å². The molecule has 5 heteroatoms. The molecule has 2 aromatic rings. The lowest BCUT2D eigenvalue weighted by Crippen LogP contribution is -1.97. The van der Waals surface area contributed by atoms with E-state index in [0.717, 1.165) is 21.2 Å². The van der Waals surface area contributed by atoms with E-state index in [1.807, 2.05) is 6.07 Å². The number of nitrogens with two attached hydrogens (primary N) is 1. The monoisotopic (exact) mass is 226 g/mol. The summed E-state index contributed by atoms with van der Waals surface area (Å²) in [5.74, 6) is 0. The third-order valence-electron chi connectivity index (χ3n) is 1.70. The predicted octanol–water partition coefficient (Wildman–Crippen LogP) is 1.18. The van der Waals surface area contributed by atoms with Crippen LogP contribution in [0.5, 0.6) is 0 Å². The van der Waals surface area contributed by atoms with Gasteiger partial charge in [-0.3, -0.25) is 5.10 Å². The summed E-state index contributed by atoms with van der Waals surface area (Å²) >= 11 is 3.29. The maximum Gasteiger partial charge on any atom is 0.156 e. The molecule has 2 rings (SSSR count). The van der Waals surface area contributed by atoms with E-state index in [4.69, 9.17) is 5.73 Å². The second kappa shape index (κ2) is 2.84. The van der Waals surface area contributed by atoms with Gasteiger partial charge in [0, 0.05) is 11.9 Å². The van der Waals surface area contributed by atoms with Crippen molar-refractivity contribution in [1.82, 2.24) is 15.2 Å². The number of halogens is 1. The van der Waals surface area contributed by atoms with Gasteiger partial charge in [0.1, 0.15) is 4.60 Å². The topological polar surface area (TPSA) is 67.6 Å². The fourth-order valence-electron chi connectivity index (χ4n) is 1.13. The lowest BCUT2D eigenvalue weighted by Gasteiger charge is -1.98. The molecule has 0 aromatic carbocycles. The Balaban J connectivity index is 2.80. The first kappa shape index (κ1) is 7.70. The molecule has 0 unspecified atom stereocenters. The van der Waals surface area contributed by atoms with Crippen molar-refractivity contribution in [3.8, 4) is 0 Å². The quantitative estimate of drug-likeness (QED) is 0.718. The minimum absolute atomic E-state index is 0.497. The Morgan fingerprint density at radius 1 is 1.58 bits per heavy atom. The number of aromatic amines is 1. The van der Waals surface area contributed by atoms with E-state index >= 15 is 0 Å². The number of rotatable bonds is 1. The molecule has 2 heterocycles. The van der Waals surface area contributed by atoms with Gasteiger partial charge >= 0.3 is 0 Å². The Morgan fingerprint density at radius 2 is 2.42 bits per heavy atom. The van der Waals surface area contributed by atoms with Crippen LogP contribution in [-0.4, -0.2) is 15.2 Å². The zero-order valence-corrected chi connectivity index (χ0v) is 7.80. The van der Waals surface area contributed by atoms with Crippen molar-refractivity contribution >= 4 is 27.0 Å². The van der Waals surface area contributed by atoms with Gasteiger partial charge in [0.05, 0.1) is 6.20 Å². The van der Waals surface area contributed by atoms with E-state index in [-0.39, 0.29) is 0 Å². The number of hydrogen-bond donors (Lipinski definition) is 2. The zero-order chi connectivity index (χ0) is 8.55. The fraction of sp³-hybridized carbons (Fsp3) is 0.143. The highest BCUT2D eigenvalue weighted by Gasteiger charge is 2.03. The average Bonchev–Trinajstić information content (AvgIpc) is 2.50. The van der Waals surface area contributed by atoms with Crippen LogP contribution >= 0.6 is 15.9 Å². The number of fused-ring (bicyclic) bond motifs is 1. The van der Waals surface area contributed by atoms with Gasteiger partial charge in [0.15, 0.2) is 5.65 Å². The second-order valence-corrected chi connectivity index (χ2v) is 3.25. The van der Waals surface area contributed by atoms with Crippen LogP contribution in [-0.2, 0) is 6.54 Å². The summed E-state index contributed by atoms with van der Waals surface area (Å²) < 4.78 is 0.778. The van der Waals surface area contributed by atoms with Crippen LogP contribution in [0.25, 0.3) is 11.0 Å². The Bertz CT molecular complexity index is 409. The van der Waals surface area contributed by atoms with Gasteiger partial charge in [0.25, 0.3) is 0 Å². The standard InChI is InChI=1S/C7H7BrN4/c8-6-1-4(2-9)5-3-10-12-7(5)11-6/h1,3H,2,9H2,(H,10,11,12). The van der Waals surface area contributed by atoms with E-state index in [2.05, 4.69) is 31.1 Å². The van der Waals surface area contributed by atoms with Crippen molar-refractivity contribution < 1.29 is 0 Å². The van der Waals surface area contributed by atoms with Gasteiger partial charge in [-0.05, 0) is 27.6 Å². The molecule has 0 atom stereocenters. The number of aromatic nitrogens is 3. The molecule has 62 valence electrons. The van der Waals surface area contributed by atoms with Crippen LogP contribution in [0.4, 0.5) is 0 Å². The molecule has 0 aliphatic rings. The molecule has 12 heavy (non-hydrogen) atoms. The summed E-state index contributed by atoms with van der Waals surface area (Å²) in [6.45, 7) is 0.497. The zero-order valence-electron chi connectivity index (χ0n) is 6.21. The largest absolute Gasteiger partial charge is 0.326 e. The van der Waals surface area contributed by atoms with Crippen LogP contribution in [0.2, 0.25) is 0 Å². The van der Waals surface area contributed by atoms with Crippen LogP contribution < -0.4 is 5.73 Å². The lowest BCUT2D eigenvalue weighted by molar-refractivity contribution is 1.07. The Labute approximate surface area is 77.3 Å². The van der Waals surface area contributed by atoms with Gasteiger partial charge < -0.3 is 5.73 Å². The molecule has 0 aliphatic carbocycles. The summed E-state index contributed by atoms with van der Waals surface area (Å²) in [4.78, 5) is 4.19. The van der Waals surface area contributed by atoms with Crippen molar-refractivity contribution in [3.05, 3.63) is 22.4 Å². The fourth-order valence-corrected chi connectivity index (χ4v) is 1.58. The highest BCUT2D eigenvalue weighted by Crippen LogP contribution is 2.18. The van der Waals surface area contributed by atoms with Crippen LogP contribution in [0.1, 0.15) is 5.56 Å². The van der Waals surface area contributed by atoms with E-state index in [9.17, 15) is 0 Å². The number of nitrogens with one attached hydrogen (secondary N) is 1. The molecule has 3 N–H and O–H groups in total. The Morgan fingerprint density at radius 3 is 3.17 bits per heavy atom. The number of hydrogen-bond acceptors (Lipinski definition) is 3. The summed E-state index contributed by atoms with van der Waals surface area (Å²) in [6.07, 6.45) is 1.73. The second-order valence-electron chi connectivity index (χ2n) is 2.44. The summed E-state index contributed by atoms with van der Waals surface area (Å²) in [6, 6.07) is 1.90. The SMILES string of the molecule is NCc1cc(Br)nc2[nH]ncc12. The molecular formula is C7H7BrN4. The summed E-state index contributed by atoms with van der Waals surface area (Å²) in [5, 5.41) is 7.66. The lowest BCUT2D eigenvalue weighted by atomic mass is 10.2. The van der Waals surface area contributed by atoms with Crippen LogP contribution in [0.3, 0.4) is 0 Å². The molecule has 0 aliphatic heterocycles. The minimum atomic E-state index is 0.497. The highest BCUT2D eigenvalue weighted by molar-refractivity contribution is 9.10. The van der Waals surface area contributed by atoms with Crippen molar-refractivity contribution in [2.75, 3.05) is 0 Å². The molecule has 0 saturated heterocycles. The first-order chi connectivity index (χ1) is 5.81. The smallest absolute Gasteiger partial charge is 0.156 e. The van der Waals surface area contributed by atoms with Gasteiger partial charge in [-0.25, -0.2) is 4.98 Å². The molecule has 2 aromatic heterocycles. The van der Waals surface area contributed by atoms with Crippen LogP contribution in [0.15, 0.2) is 16.9 Å². The molecule has 0 saturated carbocycles. The first-order valence-electron chi connectivity index (χ1n) is 3.50. The highest BCUT2D eigenvalue weighted by atomic mass is 79.9. The van der Waals surface area contributed by atoms with E-state index in [1.165, 1.54) is 0 Å². The third-order valence-corrected chi connectivity index (χ3v) is 2.10. The molecular weight excluding hydrogens is 220 g/mol. The Kier molecular flexibility index (Phi) is 1.82. The predicted molar refractivity (Wildman–Crippen MR) is 49.5 cm³/mol. The number of nitrogens with zero attached hydrogens (tertiary/aromatic N) is 2. The molecule has 0 radical (unpaired) electrons.